The molecule has 3 atom stereocenters. The van der Waals surface area contributed by atoms with E-state index >= 15 is 0 Å². The number of aliphatic hydroxyl groups excluding tert-OH is 3. The van der Waals surface area contributed by atoms with Crippen LogP contribution < -0.4 is 5.73 Å². The molecule has 0 bridgehead atoms. The molecule has 0 aromatic carbocycles. The third kappa shape index (κ3) is 2.52. The monoisotopic (exact) mass is 165 g/mol. The van der Waals surface area contributed by atoms with Crippen molar-refractivity contribution in [3.63, 3.8) is 0 Å². The maximum Gasteiger partial charge on any atom is 0.166 e. The molecular weight excluding hydrogens is 154 g/mol. The molecular formula is C5H11NO5. The zero-order valence-electron chi connectivity index (χ0n) is 5.71. The molecule has 0 aliphatic rings. The fourth-order valence-electron chi connectivity index (χ4n) is 0.464. The van der Waals surface area contributed by atoms with Gasteiger partial charge in [-0.25, -0.2) is 0 Å². The Bertz CT molecular complexity index is 137. The lowest BCUT2D eigenvalue weighted by molar-refractivity contribution is -0.151. The Morgan fingerprint density at radius 2 is 2.00 bits per heavy atom. The highest BCUT2D eigenvalue weighted by atomic mass is 16.4. The summed E-state index contributed by atoms with van der Waals surface area (Å²) in [6.45, 7) is -0.945. The van der Waals surface area contributed by atoms with E-state index < -0.39 is 24.5 Å². The van der Waals surface area contributed by atoms with Crippen LogP contribution in [0.25, 0.3) is 0 Å². The van der Waals surface area contributed by atoms with E-state index in [-0.39, 0.29) is 6.29 Å². The van der Waals surface area contributed by atoms with Gasteiger partial charge in [-0.15, -0.1) is 0 Å². The average molecular weight is 165 g/mol. The van der Waals surface area contributed by atoms with E-state index in [0.717, 1.165) is 0 Å². The van der Waals surface area contributed by atoms with Gasteiger partial charge in [-0.2, -0.15) is 0 Å². The first-order chi connectivity index (χ1) is 4.95. The minimum atomic E-state index is -2.35. The zero-order chi connectivity index (χ0) is 9.07. The maximum absolute atomic E-state index is 9.85. The lowest BCUT2D eigenvalue weighted by atomic mass is 10.0. The van der Waals surface area contributed by atoms with E-state index in [1.165, 1.54) is 0 Å². The summed E-state index contributed by atoms with van der Waals surface area (Å²) in [6, 6.07) is 0. The van der Waals surface area contributed by atoms with Crippen molar-refractivity contribution in [1.29, 1.82) is 0 Å². The molecule has 0 aromatic heterocycles. The first-order valence-electron chi connectivity index (χ1n) is 2.89. The van der Waals surface area contributed by atoms with Gasteiger partial charge in [0.05, 0.1) is 6.61 Å². The van der Waals surface area contributed by atoms with E-state index in [9.17, 15) is 4.79 Å². The molecule has 66 valence electrons. The first-order valence-corrected chi connectivity index (χ1v) is 2.89. The zero-order valence-corrected chi connectivity index (χ0v) is 5.71. The number of carbonyl (C=O) groups excluding carboxylic acids is 1. The Morgan fingerprint density at radius 1 is 1.55 bits per heavy atom. The molecule has 6 N–H and O–H groups in total. The van der Waals surface area contributed by atoms with Crippen molar-refractivity contribution in [3.8, 4) is 0 Å². The van der Waals surface area contributed by atoms with E-state index in [2.05, 4.69) is 0 Å². The molecule has 11 heavy (non-hydrogen) atoms. The minimum Gasteiger partial charge on any atom is -0.392 e. The van der Waals surface area contributed by atoms with Crippen LogP contribution in [-0.2, 0) is 4.79 Å². The second-order valence-corrected chi connectivity index (χ2v) is 2.22. The molecule has 0 saturated carbocycles. The normalized spacial score (nSPS) is 21.9. The number of nitrogens with two attached hydrogens (primary N) is 1. The molecule has 0 heterocycles. The van der Waals surface area contributed by atoms with Crippen LogP contribution in [0.15, 0.2) is 0 Å². The Morgan fingerprint density at radius 3 is 2.27 bits per heavy atom. The molecule has 0 amide bonds. The molecule has 0 saturated heterocycles. The third-order valence-electron chi connectivity index (χ3n) is 1.23. The van der Waals surface area contributed by atoms with Gasteiger partial charge in [-0.1, -0.05) is 0 Å². The quantitative estimate of drug-likeness (QED) is 0.218. The third-order valence-corrected chi connectivity index (χ3v) is 1.23. The van der Waals surface area contributed by atoms with Crippen LogP contribution in [0.1, 0.15) is 0 Å². The van der Waals surface area contributed by atoms with Crippen molar-refractivity contribution in [3.05, 3.63) is 0 Å². The van der Waals surface area contributed by atoms with E-state index in [1.807, 2.05) is 0 Å². The van der Waals surface area contributed by atoms with Crippen molar-refractivity contribution in [2.45, 2.75) is 17.9 Å². The van der Waals surface area contributed by atoms with Gasteiger partial charge in [-0.05, 0) is 0 Å². The van der Waals surface area contributed by atoms with Gasteiger partial charge >= 0.3 is 0 Å². The molecule has 0 aliphatic carbocycles. The SMILES string of the molecule is N[C@@](O)(CO)[C@@H](O)[C@H](O)C=O. The number of rotatable bonds is 4. The number of aldehydes is 1. The summed E-state index contributed by atoms with van der Waals surface area (Å²) in [7, 11) is 0. The highest BCUT2D eigenvalue weighted by Crippen LogP contribution is 2.04. The van der Waals surface area contributed by atoms with Crippen LogP contribution in [0.3, 0.4) is 0 Å². The number of hydrogen-bond donors (Lipinski definition) is 5. The maximum atomic E-state index is 9.85. The average Bonchev–Trinajstić information content (AvgIpc) is 2.01. The molecule has 0 unspecified atom stereocenters. The van der Waals surface area contributed by atoms with Crippen molar-refractivity contribution >= 4 is 6.29 Å². The van der Waals surface area contributed by atoms with Gasteiger partial charge in [0.15, 0.2) is 12.0 Å². The van der Waals surface area contributed by atoms with Crippen LogP contribution in [0.2, 0.25) is 0 Å². The summed E-state index contributed by atoms with van der Waals surface area (Å²) in [5, 5.41) is 34.7. The Kier molecular flexibility index (Phi) is 3.56. The molecule has 0 aromatic rings. The second-order valence-electron chi connectivity index (χ2n) is 2.22. The molecule has 0 rings (SSSR count). The van der Waals surface area contributed by atoms with Gasteiger partial charge < -0.3 is 25.2 Å². The smallest absolute Gasteiger partial charge is 0.166 e. The van der Waals surface area contributed by atoms with Gasteiger partial charge in [0.25, 0.3) is 0 Å². The van der Waals surface area contributed by atoms with E-state index in [1.54, 1.807) is 0 Å². The van der Waals surface area contributed by atoms with Crippen LogP contribution in [-0.4, -0.2) is 51.3 Å². The number of carbonyl (C=O) groups is 1. The van der Waals surface area contributed by atoms with Gasteiger partial charge in [0.1, 0.15) is 12.2 Å². The van der Waals surface area contributed by atoms with E-state index in [0.29, 0.717) is 0 Å². The number of aliphatic hydroxyl groups is 4. The Balaban J connectivity index is 4.21. The van der Waals surface area contributed by atoms with Gasteiger partial charge in [0, 0.05) is 0 Å². The number of hydrogen-bond acceptors (Lipinski definition) is 6. The van der Waals surface area contributed by atoms with Gasteiger partial charge in [-0.3, -0.25) is 5.73 Å². The molecule has 0 fully saturated rings. The molecule has 0 spiro atoms. The summed E-state index contributed by atoms with van der Waals surface area (Å²) in [4.78, 5) is 9.85. The fraction of sp³-hybridized carbons (Fsp3) is 0.800. The summed E-state index contributed by atoms with van der Waals surface area (Å²) < 4.78 is 0. The lowest BCUT2D eigenvalue weighted by Crippen LogP contribution is -2.58. The first kappa shape index (κ1) is 10.5. The van der Waals surface area contributed by atoms with Crippen LogP contribution in [0, 0.1) is 0 Å². The highest BCUT2D eigenvalue weighted by molar-refractivity contribution is 5.56. The molecule has 6 heteroatoms. The highest BCUT2D eigenvalue weighted by Gasteiger charge is 2.35. The largest absolute Gasteiger partial charge is 0.392 e. The molecule has 0 radical (unpaired) electrons. The predicted octanol–water partition coefficient (Wildman–Crippen LogP) is -3.45. The summed E-state index contributed by atoms with van der Waals surface area (Å²) in [5.41, 5.74) is 2.53. The Labute approximate surface area is 62.9 Å². The van der Waals surface area contributed by atoms with Crippen molar-refractivity contribution in [2.24, 2.45) is 5.73 Å². The minimum absolute atomic E-state index is 0.0121. The fourth-order valence-corrected chi connectivity index (χ4v) is 0.464. The summed E-state index contributed by atoms with van der Waals surface area (Å²) in [6.07, 6.45) is -3.67. The topological polar surface area (TPSA) is 124 Å². The van der Waals surface area contributed by atoms with Crippen LogP contribution in [0.4, 0.5) is 0 Å². The van der Waals surface area contributed by atoms with Crippen LogP contribution in [0.5, 0.6) is 0 Å². The van der Waals surface area contributed by atoms with Crippen molar-refractivity contribution < 1.29 is 25.2 Å². The van der Waals surface area contributed by atoms with Crippen LogP contribution >= 0.6 is 0 Å². The van der Waals surface area contributed by atoms with Crippen molar-refractivity contribution in [1.82, 2.24) is 0 Å². The van der Waals surface area contributed by atoms with Gasteiger partial charge in [0.2, 0.25) is 0 Å². The van der Waals surface area contributed by atoms with E-state index in [4.69, 9.17) is 26.2 Å². The lowest BCUT2D eigenvalue weighted by Gasteiger charge is -2.27. The molecule has 6 nitrogen and oxygen atoms in total. The second kappa shape index (κ2) is 3.74. The summed E-state index contributed by atoms with van der Waals surface area (Å²) >= 11 is 0. The summed E-state index contributed by atoms with van der Waals surface area (Å²) in [5.74, 6) is 0. The molecule has 0 aliphatic heterocycles. The predicted molar refractivity (Wildman–Crippen MR) is 34.3 cm³/mol. The van der Waals surface area contributed by atoms with Crippen molar-refractivity contribution in [2.75, 3.05) is 6.61 Å². The standard InChI is InChI=1S/C5H11NO5/c6-5(11,2-8)4(10)3(9)1-7/h1,3-4,8-11H,2,6H2/t3-,4+,5-/m1/s1. The Hall–Kier alpha value is -0.530.